The highest BCUT2D eigenvalue weighted by atomic mass is 16.3. The Kier molecular flexibility index (Phi) is 5.14. The molecular weight excluding hydrogens is 284 g/mol. The van der Waals surface area contributed by atoms with Crippen LogP contribution in [0.25, 0.3) is 0 Å². The van der Waals surface area contributed by atoms with Gasteiger partial charge in [-0.1, -0.05) is 66.7 Å². The summed E-state index contributed by atoms with van der Waals surface area (Å²) in [6, 6.07) is 24.3. The van der Waals surface area contributed by atoms with Gasteiger partial charge < -0.3 is 10.4 Å². The van der Waals surface area contributed by atoms with Crippen molar-refractivity contribution in [1.29, 1.82) is 0 Å². The van der Waals surface area contributed by atoms with E-state index in [0.29, 0.717) is 6.54 Å². The van der Waals surface area contributed by atoms with Gasteiger partial charge in [-0.25, -0.2) is 0 Å². The lowest BCUT2D eigenvalue weighted by atomic mass is 9.98. The van der Waals surface area contributed by atoms with Crippen LogP contribution in [0.2, 0.25) is 0 Å². The molecule has 0 spiro atoms. The van der Waals surface area contributed by atoms with Crippen LogP contribution >= 0.6 is 0 Å². The summed E-state index contributed by atoms with van der Waals surface area (Å²) in [5.41, 5.74) is 3.18. The molecule has 2 N–H and O–H groups in total. The first kappa shape index (κ1) is 15.4. The third-order valence-corrected chi connectivity index (χ3v) is 3.85. The zero-order valence-electron chi connectivity index (χ0n) is 12.8. The second-order valence-corrected chi connectivity index (χ2v) is 5.46. The minimum atomic E-state index is -0.585. The van der Waals surface area contributed by atoms with E-state index in [9.17, 15) is 5.11 Å². The summed E-state index contributed by atoms with van der Waals surface area (Å²) in [5.74, 6) is 0. The van der Waals surface area contributed by atoms with Crippen molar-refractivity contribution >= 4 is 0 Å². The first-order chi connectivity index (χ1) is 11.3. The fourth-order valence-corrected chi connectivity index (χ4v) is 2.64. The fourth-order valence-electron chi connectivity index (χ4n) is 2.64. The molecule has 3 heteroatoms. The Bertz CT molecular complexity index is 662. The maximum absolute atomic E-state index is 10.4. The molecule has 1 atom stereocenters. The number of nitrogens with one attached hydrogen (secondary N) is 1. The number of aliphatic hydroxyl groups excluding tert-OH is 1. The molecular formula is C20H20N2O. The standard InChI is InChI=1S/C20H20N2O/c23-19(18-12-7-13-21-14-18)15-22-20(16-8-3-1-4-9-16)17-10-5-2-6-11-17/h1-14,19-20,22-23H,15H2/t19-/m0/s1. The molecule has 0 bridgehead atoms. The molecule has 3 rings (SSSR count). The Morgan fingerprint density at radius 3 is 1.87 bits per heavy atom. The topological polar surface area (TPSA) is 45.1 Å². The Balaban J connectivity index is 1.77. The molecule has 0 radical (unpaired) electrons. The molecule has 0 aliphatic heterocycles. The summed E-state index contributed by atoms with van der Waals surface area (Å²) in [6.07, 6.45) is 2.82. The van der Waals surface area contributed by atoms with Gasteiger partial charge >= 0.3 is 0 Å². The molecule has 116 valence electrons. The minimum absolute atomic E-state index is 0.0451. The molecule has 0 saturated carbocycles. The Labute approximate surface area is 136 Å². The van der Waals surface area contributed by atoms with E-state index in [1.54, 1.807) is 12.4 Å². The lowest BCUT2D eigenvalue weighted by molar-refractivity contribution is 0.171. The summed E-state index contributed by atoms with van der Waals surface area (Å²) in [6.45, 7) is 0.458. The van der Waals surface area contributed by atoms with Crippen molar-refractivity contribution in [2.75, 3.05) is 6.54 Å². The predicted molar refractivity (Wildman–Crippen MR) is 91.9 cm³/mol. The Hall–Kier alpha value is -2.49. The number of aliphatic hydroxyl groups is 1. The molecule has 3 nitrogen and oxygen atoms in total. The van der Waals surface area contributed by atoms with E-state index in [2.05, 4.69) is 34.6 Å². The average molecular weight is 304 g/mol. The van der Waals surface area contributed by atoms with Crippen molar-refractivity contribution in [1.82, 2.24) is 10.3 Å². The summed E-state index contributed by atoms with van der Waals surface area (Å²) in [4.78, 5) is 4.06. The maximum atomic E-state index is 10.4. The Morgan fingerprint density at radius 2 is 1.35 bits per heavy atom. The second kappa shape index (κ2) is 7.68. The lowest BCUT2D eigenvalue weighted by Gasteiger charge is -2.22. The molecule has 0 aliphatic rings. The van der Waals surface area contributed by atoms with Crippen LogP contribution in [0.3, 0.4) is 0 Å². The van der Waals surface area contributed by atoms with E-state index in [1.165, 1.54) is 11.1 Å². The van der Waals surface area contributed by atoms with Gasteiger partial charge in [-0.3, -0.25) is 4.98 Å². The fraction of sp³-hybridized carbons (Fsp3) is 0.150. The lowest BCUT2D eigenvalue weighted by Crippen LogP contribution is -2.27. The van der Waals surface area contributed by atoms with Gasteiger partial charge in [0.05, 0.1) is 12.1 Å². The zero-order chi connectivity index (χ0) is 15.9. The van der Waals surface area contributed by atoms with E-state index >= 15 is 0 Å². The quantitative estimate of drug-likeness (QED) is 0.732. The highest BCUT2D eigenvalue weighted by Crippen LogP contribution is 2.22. The van der Waals surface area contributed by atoms with Crippen molar-refractivity contribution < 1.29 is 5.11 Å². The molecule has 1 heterocycles. The summed E-state index contributed by atoms with van der Waals surface area (Å²) in [7, 11) is 0. The zero-order valence-corrected chi connectivity index (χ0v) is 12.8. The van der Waals surface area contributed by atoms with Crippen molar-refractivity contribution in [3.8, 4) is 0 Å². The third kappa shape index (κ3) is 4.03. The van der Waals surface area contributed by atoms with Gasteiger partial charge in [0.15, 0.2) is 0 Å². The van der Waals surface area contributed by atoms with Gasteiger partial charge in [-0.05, 0) is 17.2 Å². The van der Waals surface area contributed by atoms with E-state index < -0.39 is 6.10 Å². The molecule has 1 aromatic heterocycles. The van der Waals surface area contributed by atoms with Crippen LogP contribution in [-0.2, 0) is 0 Å². The summed E-state index contributed by atoms with van der Waals surface area (Å²) in [5, 5.41) is 13.8. The molecule has 0 unspecified atom stereocenters. The molecule has 0 saturated heterocycles. The number of aromatic nitrogens is 1. The number of hydrogen-bond donors (Lipinski definition) is 2. The maximum Gasteiger partial charge on any atom is 0.0929 e. The van der Waals surface area contributed by atoms with Crippen molar-refractivity contribution in [2.24, 2.45) is 0 Å². The summed E-state index contributed by atoms with van der Waals surface area (Å²) < 4.78 is 0. The first-order valence-electron chi connectivity index (χ1n) is 7.76. The molecule has 23 heavy (non-hydrogen) atoms. The van der Waals surface area contributed by atoms with Crippen molar-refractivity contribution in [3.63, 3.8) is 0 Å². The number of rotatable bonds is 6. The van der Waals surface area contributed by atoms with Crippen LogP contribution < -0.4 is 5.32 Å². The SMILES string of the molecule is O[C@@H](CNC(c1ccccc1)c1ccccc1)c1cccnc1. The van der Waals surface area contributed by atoms with Gasteiger partial charge in [0.1, 0.15) is 0 Å². The van der Waals surface area contributed by atoms with Crippen LogP contribution in [0.4, 0.5) is 0 Å². The molecule has 0 fully saturated rings. The van der Waals surface area contributed by atoms with E-state index in [0.717, 1.165) is 5.56 Å². The molecule has 2 aromatic carbocycles. The second-order valence-electron chi connectivity index (χ2n) is 5.46. The van der Waals surface area contributed by atoms with Crippen LogP contribution in [0.15, 0.2) is 85.2 Å². The first-order valence-corrected chi connectivity index (χ1v) is 7.76. The van der Waals surface area contributed by atoms with Gasteiger partial charge in [0.25, 0.3) is 0 Å². The summed E-state index contributed by atoms with van der Waals surface area (Å²) >= 11 is 0. The number of benzene rings is 2. The third-order valence-electron chi connectivity index (χ3n) is 3.85. The van der Waals surface area contributed by atoms with Gasteiger partial charge in [-0.2, -0.15) is 0 Å². The largest absolute Gasteiger partial charge is 0.387 e. The normalized spacial score (nSPS) is 12.3. The predicted octanol–water partition coefficient (Wildman–Crippen LogP) is 3.49. The highest BCUT2D eigenvalue weighted by molar-refractivity contribution is 5.31. The van der Waals surface area contributed by atoms with Crippen LogP contribution in [0.5, 0.6) is 0 Å². The van der Waals surface area contributed by atoms with Gasteiger partial charge in [0.2, 0.25) is 0 Å². The van der Waals surface area contributed by atoms with Crippen LogP contribution in [-0.4, -0.2) is 16.6 Å². The minimum Gasteiger partial charge on any atom is -0.387 e. The number of nitrogens with zero attached hydrogens (tertiary/aromatic N) is 1. The van der Waals surface area contributed by atoms with E-state index in [4.69, 9.17) is 0 Å². The Morgan fingerprint density at radius 1 is 0.783 bits per heavy atom. The van der Waals surface area contributed by atoms with Crippen molar-refractivity contribution in [3.05, 3.63) is 102 Å². The van der Waals surface area contributed by atoms with E-state index in [1.807, 2.05) is 48.5 Å². The number of pyridine rings is 1. The average Bonchev–Trinajstić information content (AvgIpc) is 2.64. The molecule has 3 aromatic rings. The monoisotopic (exact) mass is 304 g/mol. The number of hydrogen-bond acceptors (Lipinski definition) is 3. The van der Waals surface area contributed by atoms with Gasteiger partial charge in [0, 0.05) is 24.5 Å². The van der Waals surface area contributed by atoms with E-state index in [-0.39, 0.29) is 6.04 Å². The van der Waals surface area contributed by atoms with Crippen LogP contribution in [0.1, 0.15) is 28.8 Å². The smallest absolute Gasteiger partial charge is 0.0929 e. The highest BCUT2D eigenvalue weighted by Gasteiger charge is 2.15. The molecule has 0 amide bonds. The van der Waals surface area contributed by atoms with Gasteiger partial charge in [-0.15, -0.1) is 0 Å². The van der Waals surface area contributed by atoms with Crippen molar-refractivity contribution in [2.45, 2.75) is 12.1 Å². The van der Waals surface area contributed by atoms with Crippen LogP contribution in [0, 0.1) is 0 Å². The molecule has 0 aliphatic carbocycles.